The molecule has 6 N–H and O–H groups in total. The predicted octanol–water partition coefficient (Wildman–Crippen LogP) is 3.42. The molecule has 3 rings (SSSR count). The third kappa shape index (κ3) is 7.31. The highest BCUT2D eigenvalue weighted by Gasteiger charge is 2.32. The van der Waals surface area contributed by atoms with Crippen LogP contribution in [0.2, 0.25) is 0 Å². The van der Waals surface area contributed by atoms with Gasteiger partial charge < -0.3 is 36.1 Å². The van der Waals surface area contributed by atoms with Crippen LogP contribution in [-0.2, 0) is 4.79 Å². The maximum Gasteiger partial charge on any atom is 0.257 e. The van der Waals surface area contributed by atoms with E-state index < -0.39 is 5.91 Å². The standard InChI is InChI=1S/C28H38N6O4S/c1-6-34(7-2)14-13-31-26(36)23-17(3)21(32-18(23)4)16-22-25(35)24(27(37)30-12-11-29)28(39-22)33-19-9-8-10-20(15-19)38-5/h8-10,15-16,32,35H,6-7,11-14,29H2,1-5H3,(H,30,37)(H,31,36)/b22-16+,33-28?. The Morgan fingerprint density at radius 3 is 2.56 bits per heavy atom. The van der Waals surface area contributed by atoms with E-state index in [9.17, 15) is 14.7 Å². The van der Waals surface area contributed by atoms with Crippen molar-refractivity contribution >= 4 is 40.4 Å². The first-order chi connectivity index (χ1) is 18.7. The second kappa shape index (κ2) is 14.0. The number of nitrogens with two attached hydrogens (primary N) is 1. The molecule has 0 saturated carbocycles. The summed E-state index contributed by atoms with van der Waals surface area (Å²) in [5.74, 6) is -0.187. The Bertz CT molecular complexity index is 1290. The summed E-state index contributed by atoms with van der Waals surface area (Å²) >= 11 is 1.17. The van der Waals surface area contributed by atoms with Crippen molar-refractivity contribution in [2.45, 2.75) is 27.7 Å². The van der Waals surface area contributed by atoms with Gasteiger partial charge in [0.1, 0.15) is 22.1 Å². The minimum atomic E-state index is -0.469. The number of aliphatic hydroxyl groups excluding tert-OH is 1. The minimum Gasteiger partial charge on any atom is -0.506 e. The number of carbonyl (C=O) groups excluding carboxylic acids is 2. The van der Waals surface area contributed by atoms with E-state index in [4.69, 9.17) is 10.5 Å². The molecule has 0 unspecified atom stereocenters. The Morgan fingerprint density at radius 2 is 1.90 bits per heavy atom. The van der Waals surface area contributed by atoms with Crippen molar-refractivity contribution in [3.8, 4) is 5.75 Å². The number of ether oxygens (including phenoxy) is 1. The first kappa shape index (κ1) is 30.0. The van der Waals surface area contributed by atoms with E-state index in [1.165, 1.54) is 11.8 Å². The molecular weight excluding hydrogens is 516 g/mol. The molecule has 39 heavy (non-hydrogen) atoms. The number of nitrogens with one attached hydrogen (secondary N) is 3. The molecule has 1 aliphatic heterocycles. The Morgan fingerprint density at radius 1 is 1.18 bits per heavy atom. The summed E-state index contributed by atoms with van der Waals surface area (Å²) in [6.07, 6.45) is 1.74. The van der Waals surface area contributed by atoms with Crippen LogP contribution in [0, 0.1) is 13.8 Å². The molecule has 0 aliphatic carbocycles. The topological polar surface area (TPSA) is 145 Å². The Labute approximate surface area is 233 Å². The molecule has 0 fully saturated rings. The average Bonchev–Trinajstić information content (AvgIpc) is 3.38. The van der Waals surface area contributed by atoms with Crippen LogP contribution in [0.4, 0.5) is 5.69 Å². The van der Waals surface area contributed by atoms with Gasteiger partial charge >= 0.3 is 0 Å². The Hall–Kier alpha value is -3.54. The molecule has 2 heterocycles. The van der Waals surface area contributed by atoms with Gasteiger partial charge in [-0.25, -0.2) is 4.99 Å². The van der Waals surface area contributed by atoms with Crippen LogP contribution >= 0.6 is 11.8 Å². The highest BCUT2D eigenvalue weighted by Crippen LogP contribution is 2.40. The summed E-state index contributed by atoms with van der Waals surface area (Å²) in [5.41, 5.74) is 8.90. The molecule has 0 bridgehead atoms. The van der Waals surface area contributed by atoms with E-state index in [2.05, 4.69) is 39.4 Å². The number of thioether (sulfide) groups is 1. The molecule has 0 spiro atoms. The van der Waals surface area contributed by atoms with Crippen LogP contribution in [0.15, 0.2) is 45.5 Å². The molecule has 11 heteroatoms. The Kier molecular flexibility index (Phi) is 10.8. The molecule has 1 aliphatic rings. The van der Waals surface area contributed by atoms with Crippen LogP contribution in [0.1, 0.15) is 41.2 Å². The zero-order valence-corrected chi connectivity index (χ0v) is 24.0. The third-order valence-electron chi connectivity index (χ3n) is 6.42. The molecule has 10 nitrogen and oxygen atoms in total. The number of nitrogens with zero attached hydrogens (tertiary/aromatic N) is 2. The summed E-state index contributed by atoms with van der Waals surface area (Å²) in [6.45, 7) is 11.6. The van der Waals surface area contributed by atoms with Gasteiger partial charge in [0, 0.05) is 43.6 Å². The highest BCUT2D eigenvalue weighted by molar-refractivity contribution is 8.18. The number of hydrogen-bond donors (Lipinski definition) is 5. The molecule has 0 saturated heterocycles. The van der Waals surface area contributed by atoms with Gasteiger partial charge in [0.25, 0.3) is 11.8 Å². The number of aromatic nitrogens is 1. The van der Waals surface area contributed by atoms with Crippen molar-refractivity contribution in [2.75, 3.05) is 46.4 Å². The maximum absolute atomic E-state index is 13.0. The lowest BCUT2D eigenvalue weighted by Gasteiger charge is -2.18. The number of likely N-dealkylation sites (N-methyl/N-ethyl adjacent to an activating group) is 1. The van der Waals surface area contributed by atoms with Gasteiger partial charge in [0.05, 0.1) is 23.3 Å². The summed E-state index contributed by atoms with van der Waals surface area (Å²) in [5, 5.41) is 17.2. The fourth-order valence-electron chi connectivity index (χ4n) is 4.23. The van der Waals surface area contributed by atoms with E-state index in [1.54, 1.807) is 37.5 Å². The molecule has 1 aromatic carbocycles. The lowest BCUT2D eigenvalue weighted by Crippen LogP contribution is -2.35. The number of benzene rings is 1. The number of aliphatic imine (C=N–C) groups is 1. The lowest BCUT2D eigenvalue weighted by atomic mass is 10.1. The minimum absolute atomic E-state index is 0.0674. The molecular formula is C28H38N6O4S. The van der Waals surface area contributed by atoms with E-state index in [-0.39, 0.29) is 30.3 Å². The van der Waals surface area contributed by atoms with Crippen LogP contribution in [0.25, 0.3) is 6.08 Å². The van der Waals surface area contributed by atoms with Crippen LogP contribution in [0.3, 0.4) is 0 Å². The Balaban J connectivity index is 1.93. The average molecular weight is 555 g/mol. The van der Waals surface area contributed by atoms with E-state index in [0.29, 0.717) is 39.2 Å². The molecule has 210 valence electrons. The number of amides is 2. The zero-order valence-electron chi connectivity index (χ0n) is 23.2. The van der Waals surface area contributed by atoms with Crippen molar-refractivity contribution in [1.82, 2.24) is 20.5 Å². The summed E-state index contributed by atoms with van der Waals surface area (Å²) < 4.78 is 5.28. The number of rotatable bonds is 12. The van der Waals surface area contributed by atoms with Gasteiger partial charge in [-0.2, -0.15) is 0 Å². The van der Waals surface area contributed by atoms with Crippen molar-refractivity contribution in [2.24, 2.45) is 10.7 Å². The maximum atomic E-state index is 13.0. The summed E-state index contributed by atoms with van der Waals surface area (Å²) in [4.78, 5) is 36.5. The van der Waals surface area contributed by atoms with Gasteiger partial charge in [-0.3, -0.25) is 9.59 Å². The van der Waals surface area contributed by atoms with Crippen molar-refractivity contribution < 1.29 is 19.4 Å². The molecule has 0 atom stereocenters. The number of aliphatic hydroxyl groups is 1. The smallest absolute Gasteiger partial charge is 0.257 e. The van der Waals surface area contributed by atoms with Crippen LogP contribution in [0.5, 0.6) is 5.75 Å². The summed E-state index contributed by atoms with van der Waals surface area (Å²) in [7, 11) is 1.56. The van der Waals surface area contributed by atoms with Gasteiger partial charge in [0.2, 0.25) is 0 Å². The number of hydrogen-bond acceptors (Lipinski definition) is 8. The SMILES string of the molecule is CCN(CC)CCNC(=O)c1c(C)[nH]c(/C=C2/SC(=Nc3cccc(OC)c3)C(C(=O)NCCN)=C2O)c1C. The van der Waals surface area contributed by atoms with Gasteiger partial charge in [-0.15, -0.1) is 0 Å². The number of aryl methyl sites for hydroxylation is 1. The largest absolute Gasteiger partial charge is 0.506 e. The quantitative estimate of drug-likeness (QED) is 0.270. The molecule has 0 radical (unpaired) electrons. The van der Waals surface area contributed by atoms with Crippen LogP contribution < -0.4 is 21.1 Å². The van der Waals surface area contributed by atoms with E-state index in [1.807, 2.05) is 13.8 Å². The van der Waals surface area contributed by atoms with Gasteiger partial charge in [-0.05, 0) is 50.7 Å². The van der Waals surface area contributed by atoms with Crippen molar-refractivity contribution in [3.05, 3.63) is 63.0 Å². The number of H-pyrrole nitrogens is 1. The molecule has 1 aromatic heterocycles. The van der Waals surface area contributed by atoms with Crippen molar-refractivity contribution in [3.63, 3.8) is 0 Å². The predicted molar refractivity (Wildman–Crippen MR) is 158 cm³/mol. The first-order valence-corrected chi connectivity index (χ1v) is 13.8. The second-order valence-electron chi connectivity index (χ2n) is 8.94. The fourth-order valence-corrected chi connectivity index (χ4v) is 5.25. The third-order valence-corrected chi connectivity index (χ3v) is 7.44. The number of aromatic amines is 1. The number of methoxy groups -OCH3 is 1. The van der Waals surface area contributed by atoms with E-state index >= 15 is 0 Å². The normalized spacial score (nSPS) is 15.5. The molecule has 2 amide bonds. The monoisotopic (exact) mass is 554 g/mol. The summed E-state index contributed by atoms with van der Waals surface area (Å²) in [6, 6.07) is 7.12. The number of carbonyl (C=O) groups is 2. The molecule has 2 aromatic rings. The zero-order chi connectivity index (χ0) is 28.5. The fraction of sp³-hybridized carbons (Fsp3) is 0.393. The highest BCUT2D eigenvalue weighted by atomic mass is 32.2. The van der Waals surface area contributed by atoms with Crippen LogP contribution in [-0.4, -0.2) is 78.2 Å². The van der Waals surface area contributed by atoms with Gasteiger partial charge in [-0.1, -0.05) is 31.7 Å². The van der Waals surface area contributed by atoms with Crippen molar-refractivity contribution in [1.29, 1.82) is 0 Å². The van der Waals surface area contributed by atoms with E-state index in [0.717, 1.165) is 30.9 Å². The first-order valence-electron chi connectivity index (χ1n) is 13.0. The second-order valence-corrected chi connectivity index (χ2v) is 9.97. The van der Waals surface area contributed by atoms with Gasteiger partial charge in [0.15, 0.2) is 0 Å². The lowest BCUT2D eigenvalue weighted by molar-refractivity contribution is -0.117.